The van der Waals surface area contributed by atoms with E-state index in [9.17, 15) is 4.79 Å². The van der Waals surface area contributed by atoms with Gasteiger partial charge in [-0.3, -0.25) is 4.79 Å². The molecule has 0 radical (unpaired) electrons. The molecule has 5 nitrogen and oxygen atoms in total. The Labute approximate surface area is 94.4 Å². The third-order valence-electron chi connectivity index (χ3n) is 2.23. The number of nitrogen functional groups attached to an aromatic ring is 1. The van der Waals surface area contributed by atoms with Gasteiger partial charge >= 0.3 is 0 Å². The Kier molecular flexibility index (Phi) is 4.75. The molecule has 1 aromatic rings. The van der Waals surface area contributed by atoms with E-state index in [1.165, 1.54) is 0 Å². The maximum Gasteiger partial charge on any atom is 0.239 e. The van der Waals surface area contributed by atoms with Crippen molar-refractivity contribution in [2.45, 2.75) is 12.5 Å². The monoisotopic (exact) mass is 223 g/mol. The standard InChI is InChI=1S/C11H17N3O2/c12-9-3-1-8(2-4-9)5-6-14-11(16)10(13)7-15/h1-4,10,15H,5-7,12-13H2,(H,14,16). The lowest BCUT2D eigenvalue weighted by Gasteiger charge is -2.09. The van der Waals surface area contributed by atoms with Gasteiger partial charge in [0.05, 0.1) is 6.61 Å². The highest BCUT2D eigenvalue weighted by Gasteiger charge is 2.10. The normalized spacial score (nSPS) is 12.1. The van der Waals surface area contributed by atoms with E-state index in [-0.39, 0.29) is 12.5 Å². The number of nitrogens with two attached hydrogens (primary N) is 2. The molecule has 1 atom stereocenters. The molecule has 0 bridgehead atoms. The Balaban J connectivity index is 2.30. The number of aliphatic hydroxyl groups is 1. The van der Waals surface area contributed by atoms with E-state index in [4.69, 9.17) is 16.6 Å². The number of amides is 1. The van der Waals surface area contributed by atoms with E-state index >= 15 is 0 Å². The summed E-state index contributed by atoms with van der Waals surface area (Å²) in [5.41, 5.74) is 12.7. The molecular formula is C11H17N3O2. The quantitative estimate of drug-likeness (QED) is 0.493. The molecule has 1 unspecified atom stereocenters. The molecule has 88 valence electrons. The van der Waals surface area contributed by atoms with Gasteiger partial charge in [0, 0.05) is 12.2 Å². The van der Waals surface area contributed by atoms with E-state index in [0.29, 0.717) is 13.0 Å². The molecule has 5 heteroatoms. The molecule has 0 aliphatic rings. The number of carbonyl (C=O) groups is 1. The lowest BCUT2D eigenvalue weighted by Crippen LogP contribution is -2.43. The van der Waals surface area contributed by atoms with Gasteiger partial charge in [-0.25, -0.2) is 0 Å². The molecule has 1 amide bonds. The third-order valence-corrected chi connectivity index (χ3v) is 2.23. The van der Waals surface area contributed by atoms with Crippen molar-refractivity contribution in [3.05, 3.63) is 29.8 Å². The average molecular weight is 223 g/mol. The van der Waals surface area contributed by atoms with Crippen LogP contribution in [0.25, 0.3) is 0 Å². The van der Waals surface area contributed by atoms with Crippen LogP contribution >= 0.6 is 0 Å². The van der Waals surface area contributed by atoms with Crippen LogP contribution in [-0.2, 0) is 11.2 Å². The van der Waals surface area contributed by atoms with Crippen LogP contribution in [0.15, 0.2) is 24.3 Å². The van der Waals surface area contributed by atoms with Gasteiger partial charge in [-0.2, -0.15) is 0 Å². The maximum atomic E-state index is 11.2. The molecule has 16 heavy (non-hydrogen) atoms. The number of anilines is 1. The van der Waals surface area contributed by atoms with Crippen LogP contribution in [0.1, 0.15) is 5.56 Å². The van der Waals surface area contributed by atoms with Crippen LogP contribution in [0.5, 0.6) is 0 Å². The Morgan fingerprint density at radius 1 is 1.38 bits per heavy atom. The molecule has 0 aromatic heterocycles. The molecule has 0 aliphatic carbocycles. The zero-order chi connectivity index (χ0) is 12.0. The van der Waals surface area contributed by atoms with Crippen LogP contribution in [0, 0.1) is 0 Å². The summed E-state index contributed by atoms with van der Waals surface area (Å²) in [5.74, 6) is -0.335. The molecule has 1 aromatic carbocycles. The molecule has 0 aliphatic heterocycles. The zero-order valence-electron chi connectivity index (χ0n) is 9.02. The van der Waals surface area contributed by atoms with Crippen molar-refractivity contribution in [2.24, 2.45) is 5.73 Å². The average Bonchev–Trinajstić information content (AvgIpc) is 2.30. The second-order valence-electron chi connectivity index (χ2n) is 3.57. The van der Waals surface area contributed by atoms with Crippen LogP contribution in [-0.4, -0.2) is 30.2 Å². The number of nitrogens with one attached hydrogen (secondary N) is 1. The Morgan fingerprint density at radius 2 is 2.00 bits per heavy atom. The van der Waals surface area contributed by atoms with Crippen molar-refractivity contribution < 1.29 is 9.90 Å². The highest BCUT2D eigenvalue weighted by atomic mass is 16.3. The molecule has 1 rings (SSSR count). The minimum absolute atomic E-state index is 0.335. The number of hydrogen-bond donors (Lipinski definition) is 4. The lowest BCUT2D eigenvalue weighted by atomic mass is 10.1. The smallest absolute Gasteiger partial charge is 0.239 e. The summed E-state index contributed by atoms with van der Waals surface area (Å²) in [7, 11) is 0. The van der Waals surface area contributed by atoms with Crippen molar-refractivity contribution in [1.82, 2.24) is 5.32 Å². The summed E-state index contributed by atoms with van der Waals surface area (Å²) in [6, 6.07) is 6.61. The molecule has 0 fully saturated rings. The SMILES string of the molecule is Nc1ccc(CCNC(=O)C(N)CO)cc1. The van der Waals surface area contributed by atoms with Gasteiger partial charge in [-0.05, 0) is 24.1 Å². The topological polar surface area (TPSA) is 101 Å². The molecule has 0 spiro atoms. The van der Waals surface area contributed by atoms with Gasteiger partial charge in [0.15, 0.2) is 0 Å². The van der Waals surface area contributed by atoms with Gasteiger partial charge in [0.2, 0.25) is 5.91 Å². The Bertz CT molecular complexity index is 338. The largest absolute Gasteiger partial charge is 0.399 e. The predicted octanol–water partition coefficient (Wildman–Crippen LogP) is -0.753. The number of hydrogen-bond acceptors (Lipinski definition) is 4. The van der Waals surface area contributed by atoms with Crippen molar-refractivity contribution in [1.29, 1.82) is 0 Å². The number of aliphatic hydroxyl groups excluding tert-OH is 1. The van der Waals surface area contributed by atoms with E-state index in [2.05, 4.69) is 5.32 Å². The minimum atomic E-state index is -0.841. The van der Waals surface area contributed by atoms with Crippen molar-refractivity contribution >= 4 is 11.6 Å². The highest BCUT2D eigenvalue weighted by Crippen LogP contribution is 2.05. The van der Waals surface area contributed by atoms with Crippen molar-refractivity contribution in [3.8, 4) is 0 Å². The van der Waals surface area contributed by atoms with Crippen LogP contribution in [0.2, 0.25) is 0 Å². The lowest BCUT2D eigenvalue weighted by molar-refractivity contribution is -0.123. The molecule has 0 saturated carbocycles. The fourth-order valence-electron chi connectivity index (χ4n) is 1.23. The minimum Gasteiger partial charge on any atom is -0.399 e. The maximum absolute atomic E-state index is 11.2. The summed E-state index contributed by atoms with van der Waals surface area (Å²) in [5, 5.41) is 11.3. The predicted molar refractivity (Wildman–Crippen MR) is 62.6 cm³/mol. The van der Waals surface area contributed by atoms with E-state index in [1.807, 2.05) is 24.3 Å². The Hall–Kier alpha value is -1.59. The first kappa shape index (κ1) is 12.5. The summed E-state index contributed by atoms with van der Waals surface area (Å²) < 4.78 is 0. The van der Waals surface area contributed by atoms with Crippen LogP contribution < -0.4 is 16.8 Å². The summed E-state index contributed by atoms with van der Waals surface area (Å²) in [4.78, 5) is 11.2. The fraction of sp³-hybridized carbons (Fsp3) is 0.364. The molecule has 0 saturated heterocycles. The summed E-state index contributed by atoms with van der Waals surface area (Å²) >= 11 is 0. The second kappa shape index (κ2) is 6.09. The molecular weight excluding hydrogens is 206 g/mol. The van der Waals surface area contributed by atoms with Crippen LogP contribution in [0.4, 0.5) is 5.69 Å². The van der Waals surface area contributed by atoms with E-state index in [0.717, 1.165) is 11.3 Å². The first-order valence-corrected chi connectivity index (χ1v) is 5.12. The van der Waals surface area contributed by atoms with E-state index in [1.54, 1.807) is 0 Å². The number of rotatable bonds is 5. The number of benzene rings is 1. The summed E-state index contributed by atoms with van der Waals surface area (Å²) in [6.45, 7) is 0.157. The fourth-order valence-corrected chi connectivity index (χ4v) is 1.23. The van der Waals surface area contributed by atoms with Crippen LogP contribution in [0.3, 0.4) is 0 Å². The first-order chi connectivity index (χ1) is 7.63. The highest BCUT2D eigenvalue weighted by molar-refractivity contribution is 5.81. The van der Waals surface area contributed by atoms with Crippen molar-refractivity contribution in [2.75, 3.05) is 18.9 Å². The Morgan fingerprint density at radius 3 is 2.56 bits per heavy atom. The van der Waals surface area contributed by atoms with Gasteiger partial charge in [0.1, 0.15) is 6.04 Å². The molecule has 6 N–H and O–H groups in total. The van der Waals surface area contributed by atoms with E-state index < -0.39 is 6.04 Å². The van der Waals surface area contributed by atoms with Gasteiger partial charge in [-0.15, -0.1) is 0 Å². The second-order valence-corrected chi connectivity index (χ2v) is 3.57. The number of carbonyl (C=O) groups excluding carboxylic acids is 1. The third kappa shape index (κ3) is 3.88. The molecule has 0 heterocycles. The van der Waals surface area contributed by atoms with Gasteiger partial charge in [-0.1, -0.05) is 12.1 Å². The van der Waals surface area contributed by atoms with Crippen molar-refractivity contribution in [3.63, 3.8) is 0 Å². The first-order valence-electron chi connectivity index (χ1n) is 5.12. The van der Waals surface area contributed by atoms with Gasteiger partial charge < -0.3 is 21.9 Å². The summed E-state index contributed by atoms with van der Waals surface area (Å²) in [6.07, 6.45) is 0.712. The zero-order valence-corrected chi connectivity index (χ0v) is 9.02. The van der Waals surface area contributed by atoms with Gasteiger partial charge in [0.25, 0.3) is 0 Å².